The average molecular weight is 1890 g/mol. The van der Waals surface area contributed by atoms with Gasteiger partial charge in [-0.1, -0.05) is 479 Å². The summed E-state index contributed by atoms with van der Waals surface area (Å²) in [4.78, 5) is 0. The first-order valence-electron chi connectivity index (χ1n) is 51.2. The molecule has 3 heteroatoms. The molecule has 0 N–H and O–H groups in total. The Kier molecular flexibility index (Phi) is 21.7. The van der Waals surface area contributed by atoms with Crippen LogP contribution in [0.25, 0.3) is 297 Å². The highest BCUT2D eigenvalue weighted by Gasteiger charge is 2.28. The van der Waals surface area contributed by atoms with Gasteiger partial charge in [-0.15, -0.1) is 0 Å². The lowest BCUT2D eigenvalue weighted by molar-refractivity contribution is 0.668. The minimum absolute atomic E-state index is 0.892. The summed E-state index contributed by atoms with van der Waals surface area (Å²) in [6.45, 7) is 0. The van der Waals surface area contributed by atoms with E-state index >= 15 is 0 Å². The van der Waals surface area contributed by atoms with Crippen molar-refractivity contribution >= 4 is 152 Å². The minimum Gasteiger partial charge on any atom is -0.456 e. The lowest BCUT2D eigenvalue weighted by atomic mass is 9.83. The van der Waals surface area contributed by atoms with Gasteiger partial charge in [0.05, 0.1) is 0 Å². The molecule has 0 aliphatic heterocycles. The molecule has 3 aromatic heterocycles. The molecule has 0 saturated carbocycles. The van der Waals surface area contributed by atoms with Crippen molar-refractivity contribution in [2.24, 2.45) is 0 Å². The van der Waals surface area contributed by atoms with Gasteiger partial charge < -0.3 is 13.3 Å². The monoisotopic (exact) mass is 1890 g/mol. The average Bonchev–Trinajstić information content (AvgIpc) is 1.59. The summed E-state index contributed by atoms with van der Waals surface area (Å²) in [6.07, 6.45) is 0. The largest absolute Gasteiger partial charge is 0.456 e. The van der Waals surface area contributed by atoms with Crippen molar-refractivity contribution in [2.45, 2.75) is 0 Å². The van der Waals surface area contributed by atoms with Crippen molar-refractivity contribution < 1.29 is 13.3 Å². The van der Waals surface area contributed by atoms with Gasteiger partial charge in [0.2, 0.25) is 0 Å². The van der Waals surface area contributed by atoms with Gasteiger partial charge >= 0.3 is 0 Å². The van der Waals surface area contributed by atoms with Gasteiger partial charge in [0.25, 0.3) is 0 Å². The van der Waals surface area contributed by atoms with Crippen LogP contribution in [0.3, 0.4) is 0 Å². The number of hydrogen-bond donors (Lipinski definition) is 0. The highest BCUT2D eigenvalue weighted by molar-refractivity contribution is 6.30. The van der Waals surface area contributed by atoms with Gasteiger partial charge in [-0.3, -0.25) is 0 Å². The van der Waals surface area contributed by atoms with Gasteiger partial charge in [-0.2, -0.15) is 0 Å². The smallest absolute Gasteiger partial charge is 0.136 e. The molecule has 0 aliphatic rings. The third-order valence-electron chi connectivity index (χ3n) is 30.4. The van der Waals surface area contributed by atoms with Crippen LogP contribution in [0.2, 0.25) is 0 Å². The second-order valence-corrected chi connectivity index (χ2v) is 38.8. The molecule has 0 aliphatic carbocycles. The Bertz CT molecular complexity index is 10400. The molecule has 0 bridgehead atoms. The number of benzene rings is 27. The molecule has 3 nitrogen and oxygen atoms in total. The first-order chi connectivity index (χ1) is 73.9. The molecule has 149 heavy (non-hydrogen) atoms. The molecule has 0 amide bonds. The molecule has 694 valence electrons. The zero-order valence-electron chi connectivity index (χ0n) is 81.3. The Balaban J connectivity index is 0.000000108. The van der Waals surface area contributed by atoms with Gasteiger partial charge in [0.1, 0.15) is 33.5 Å². The normalized spacial score (nSPS) is 11.6. The number of furan rings is 3. The first kappa shape index (κ1) is 87.2. The maximum absolute atomic E-state index is 6.56. The topological polar surface area (TPSA) is 39.4 Å². The van der Waals surface area contributed by atoms with Crippen LogP contribution in [0.15, 0.2) is 571 Å². The van der Waals surface area contributed by atoms with Crippen LogP contribution < -0.4 is 0 Å². The Labute approximate surface area is 861 Å². The fraction of sp³-hybridized carbons (Fsp3) is 0. The molecule has 30 aromatic rings. The molecular weight excluding hydrogens is 1800 g/mol. The predicted molar refractivity (Wildman–Crippen MR) is 632 cm³/mol. The number of rotatable bonds is 13. The van der Waals surface area contributed by atoms with E-state index in [2.05, 4.69) is 558 Å². The van der Waals surface area contributed by atoms with E-state index in [0.29, 0.717) is 0 Å². The van der Waals surface area contributed by atoms with Crippen LogP contribution >= 0.6 is 0 Å². The highest BCUT2D eigenvalue weighted by Crippen LogP contribution is 2.54. The summed E-state index contributed by atoms with van der Waals surface area (Å²) in [5.41, 5.74) is 37.0. The van der Waals surface area contributed by atoms with E-state index in [9.17, 15) is 0 Å². The molecule has 0 fully saturated rings. The first-order valence-corrected chi connectivity index (χ1v) is 51.2. The Hall–Kier alpha value is -19.6. The molecule has 0 radical (unpaired) electrons. The summed E-state index contributed by atoms with van der Waals surface area (Å²) in [5, 5.41) is 26.7. The predicted octanol–water partition coefficient (Wildman–Crippen LogP) is 41.7. The molecule has 0 atom stereocenters. The maximum Gasteiger partial charge on any atom is 0.136 e. The van der Waals surface area contributed by atoms with Gasteiger partial charge in [-0.05, 0) is 310 Å². The lowest BCUT2D eigenvalue weighted by Crippen LogP contribution is -1.93. The van der Waals surface area contributed by atoms with Crippen molar-refractivity contribution in [3.05, 3.63) is 558 Å². The van der Waals surface area contributed by atoms with Crippen LogP contribution in [0.1, 0.15) is 0 Å². The second kappa shape index (κ2) is 37.0. The van der Waals surface area contributed by atoms with Gasteiger partial charge in [0, 0.05) is 32.3 Å². The van der Waals surface area contributed by atoms with E-state index in [0.717, 1.165) is 65.8 Å². The SMILES string of the molecule is c1ccc(-c2ccc3cc(-c4c5ccccc5c(-c5ccc6oc7cccc(-c8ccccc8)c7c6c5)c5ccccc45)ccc3c2)cc1.c1ccc(-c2cccc(-c3ccc4oc5ccc(-c6c7ccccc7c(-c7ccccc7-c7ccc8ccccc8c7)c7ccccc67)cc5c4c3)c2)cc1.c1ccc(-c2ccccc2-c2c3ccccc3c(-c3cccc4oc5cccc(-c6ccccc6)c5c34)c3ccccc23)cc1. The molecule has 30 rings (SSSR count). The van der Waals surface area contributed by atoms with Crippen LogP contribution in [-0.4, -0.2) is 0 Å². The molecule has 0 saturated heterocycles. The van der Waals surface area contributed by atoms with E-state index in [1.165, 1.54) is 231 Å². The van der Waals surface area contributed by atoms with Crippen LogP contribution in [0.4, 0.5) is 0 Å². The van der Waals surface area contributed by atoms with Crippen molar-refractivity contribution in [3.63, 3.8) is 0 Å². The van der Waals surface area contributed by atoms with Crippen LogP contribution in [0, 0.1) is 0 Å². The Morgan fingerprint density at radius 3 is 0.792 bits per heavy atom. The van der Waals surface area contributed by atoms with E-state index in [1.807, 2.05) is 0 Å². The quantitative estimate of drug-likeness (QED) is 0.108. The zero-order valence-corrected chi connectivity index (χ0v) is 81.3. The highest BCUT2D eigenvalue weighted by atomic mass is 16.3. The Morgan fingerprint density at radius 2 is 0.329 bits per heavy atom. The van der Waals surface area contributed by atoms with E-state index < -0.39 is 0 Å². The number of fused-ring (bicyclic) bond motifs is 17. The van der Waals surface area contributed by atoms with Crippen molar-refractivity contribution in [1.29, 1.82) is 0 Å². The van der Waals surface area contributed by atoms with Gasteiger partial charge in [0.15, 0.2) is 0 Å². The summed E-state index contributed by atoms with van der Waals surface area (Å²) < 4.78 is 19.4. The van der Waals surface area contributed by atoms with Gasteiger partial charge in [-0.25, -0.2) is 0 Å². The van der Waals surface area contributed by atoms with E-state index in [4.69, 9.17) is 13.3 Å². The summed E-state index contributed by atoms with van der Waals surface area (Å²) >= 11 is 0. The molecule has 0 spiro atoms. The van der Waals surface area contributed by atoms with Crippen LogP contribution in [-0.2, 0) is 0 Å². The van der Waals surface area contributed by atoms with E-state index in [1.54, 1.807) is 0 Å². The van der Waals surface area contributed by atoms with Crippen molar-refractivity contribution in [1.82, 2.24) is 0 Å². The molecule has 27 aromatic carbocycles. The summed E-state index contributed by atoms with van der Waals surface area (Å²) in [5.74, 6) is 0. The Morgan fingerprint density at radius 1 is 0.0940 bits per heavy atom. The molecule has 0 unspecified atom stereocenters. The zero-order chi connectivity index (χ0) is 98.4. The van der Waals surface area contributed by atoms with Crippen LogP contribution in [0.5, 0.6) is 0 Å². The summed E-state index contributed by atoms with van der Waals surface area (Å²) in [6, 6.07) is 201. The van der Waals surface area contributed by atoms with Crippen molar-refractivity contribution in [2.75, 3.05) is 0 Å². The lowest BCUT2D eigenvalue weighted by Gasteiger charge is -2.20. The number of hydrogen-bond acceptors (Lipinski definition) is 3. The molecule has 3 heterocycles. The standard InChI is InChI=1S/C54H34O.C48H30O.C44H28O/c1-2-13-35(14-3-1)38-17-12-18-39(31-38)40-27-29-51-49(33-40)50-34-42(28-30-52(50)55-51)53-45-21-8-10-23-47(45)54(48-24-11-9-22-46(48)53)44-20-7-6-19-43(44)41-26-25-36-15-4-5-16-37(36)32-41;1-3-12-31(13-4-1)33-22-23-35-29-36(25-24-34(35)28-33)46-39-16-7-9-18-41(39)47(42-19-10-8-17-40(42)46)37-26-27-44-43(30-37)48-38(20-11-21-45(48)49-44)32-14-5-2-6-15-32;1-3-15-29(16-4-1)31-19-7-8-20-33(31)41-34-21-9-11-23-36(34)42(37-24-12-10-22-35(37)41)38-26-14-28-40-44(38)43-32(25-13-27-39(43)45-40)30-17-5-2-6-18-30/h1-34H;1-30H;1-28H. The maximum atomic E-state index is 6.56. The third-order valence-corrected chi connectivity index (χ3v) is 30.4. The van der Waals surface area contributed by atoms with Crippen molar-refractivity contribution in [3.8, 4) is 145 Å². The summed E-state index contributed by atoms with van der Waals surface area (Å²) in [7, 11) is 0. The van der Waals surface area contributed by atoms with E-state index in [-0.39, 0.29) is 0 Å². The fourth-order valence-electron chi connectivity index (χ4n) is 23.7. The fourth-order valence-corrected chi connectivity index (χ4v) is 23.7. The molecular formula is C146H92O3. The second-order valence-electron chi connectivity index (χ2n) is 38.8. The minimum atomic E-state index is 0.892. The third kappa shape index (κ3) is 15.4.